The molecular weight excluding hydrogens is 324 g/mol. The van der Waals surface area contributed by atoms with E-state index in [4.69, 9.17) is 8.92 Å². The molecule has 9 heteroatoms. The van der Waals surface area contributed by atoms with Crippen LogP contribution in [-0.4, -0.2) is 25.9 Å². The van der Waals surface area contributed by atoms with Crippen molar-refractivity contribution in [2.75, 3.05) is 12.4 Å². The number of fused-ring (bicyclic) bond motifs is 1. The van der Waals surface area contributed by atoms with Gasteiger partial charge in [0.05, 0.1) is 12.4 Å². The molecular formula is C14H18N2O6S. The van der Waals surface area contributed by atoms with E-state index < -0.39 is 10.1 Å². The number of hydrogen-bond acceptors (Lipinski definition) is 7. The number of rotatable bonds is 3. The molecule has 1 aromatic heterocycles. The fourth-order valence-corrected chi connectivity index (χ4v) is 2.45. The van der Waals surface area contributed by atoms with Crippen molar-refractivity contribution in [3.05, 3.63) is 41.4 Å². The van der Waals surface area contributed by atoms with Gasteiger partial charge >= 0.3 is 10.1 Å². The summed E-state index contributed by atoms with van der Waals surface area (Å²) in [7, 11) is -3.47. The molecule has 0 saturated heterocycles. The normalized spacial score (nSPS) is 15.1. The molecule has 0 amide bonds. The molecule has 2 heterocycles. The molecule has 23 heavy (non-hydrogen) atoms. The predicted molar refractivity (Wildman–Crippen MR) is 80.5 cm³/mol. The molecule has 1 aromatic carbocycles. The van der Waals surface area contributed by atoms with Crippen LogP contribution in [0.25, 0.3) is 0 Å². The van der Waals surface area contributed by atoms with Crippen molar-refractivity contribution in [1.82, 2.24) is 5.16 Å². The van der Waals surface area contributed by atoms with Crippen molar-refractivity contribution in [1.29, 1.82) is 0 Å². The van der Waals surface area contributed by atoms with Crippen LogP contribution in [0.2, 0.25) is 0 Å². The van der Waals surface area contributed by atoms with E-state index in [0.717, 1.165) is 11.3 Å². The van der Waals surface area contributed by atoms with Gasteiger partial charge in [0, 0.05) is 16.1 Å². The second kappa shape index (κ2) is 6.45. The van der Waals surface area contributed by atoms with Crippen LogP contribution in [0.15, 0.2) is 35.2 Å². The highest BCUT2D eigenvalue weighted by Gasteiger charge is 2.32. The van der Waals surface area contributed by atoms with E-state index in [0.29, 0.717) is 12.4 Å². The summed E-state index contributed by atoms with van der Waals surface area (Å²) in [5.41, 5.74) is 0.881. The second-order valence-corrected chi connectivity index (χ2v) is 7.39. The first-order chi connectivity index (χ1) is 10.7. The first-order valence-corrected chi connectivity index (χ1v) is 8.51. The summed E-state index contributed by atoms with van der Waals surface area (Å²) in [5, 5.41) is 12.9. The van der Waals surface area contributed by atoms with Crippen LogP contribution in [0.1, 0.15) is 26.3 Å². The van der Waals surface area contributed by atoms with Crippen molar-refractivity contribution < 1.29 is 26.9 Å². The Bertz CT molecular complexity index is 756. The Morgan fingerprint density at radius 3 is 2.70 bits per heavy atom. The van der Waals surface area contributed by atoms with Crippen LogP contribution in [0.5, 0.6) is 11.5 Å². The minimum Gasteiger partial charge on any atom is -0.492 e. The lowest BCUT2D eigenvalue weighted by atomic mass is 9.87. The summed E-state index contributed by atoms with van der Waals surface area (Å²) in [5.74, 6) is 1.12. The van der Waals surface area contributed by atoms with E-state index >= 15 is 0 Å². The third kappa shape index (κ3) is 4.35. The number of ether oxygens (including phenoxy) is 1. The van der Waals surface area contributed by atoms with Gasteiger partial charge in [-0.25, -0.2) is 0 Å². The zero-order valence-corrected chi connectivity index (χ0v) is 13.9. The maximum Gasteiger partial charge on any atom is 0.308 e. The molecule has 0 bridgehead atoms. The molecule has 0 N–H and O–H groups in total. The molecule has 126 valence electrons. The van der Waals surface area contributed by atoms with Gasteiger partial charge in [-0.15, -0.1) is 0 Å². The maximum absolute atomic E-state index is 11.4. The first kappa shape index (κ1) is 17.1. The fraction of sp³-hybridized carbons (Fsp3) is 0.429. The van der Waals surface area contributed by atoms with Gasteiger partial charge in [0.1, 0.15) is 11.5 Å². The van der Waals surface area contributed by atoms with Crippen LogP contribution in [0.3, 0.4) is 0 Å². The lowest BCUT2D eigenvalue weighted by molar-refractivity contribution is -0.802. The van der Waals surface area contributed by atoms with Gasteiger partial charge in [-0.2, -0.15) is 8.42 Å². The maximum atomic E-state index is 11.4. The van der Waals surface area contributed by atoms with Gasteiger partial charge in [-0.1, -0.05) is 13.8 Å². The molecule has 8 nitrogen and oxygen atoms in total. The third-order valence-corrected chi connectivity index (χ3v) is 4.38. The van der Waals surface area contributed by atoms with Crippen LogP contribution >= 0.6 is 0 Å². The molecule has 1 aliphatic rings. The molecule has 2 aromatic rings. The van der Waals surface area contributed by atoms with Crippen LogP contribution in [0.4, 0.5) is 0 Å². The fourth-order valence-electron chi connectivity index (χ4n) is 1.94. The largest absolute Gasteiger partial charge is 0.492 e. The van der Waals surface area contributed by atoms with Gasteiger partial charge in [0.25, 0.3) is 0 Å². The first-order valence-electron chi connectivity index (χ1n) is 6.93. The Balaban J connectivity index is 0.000000268. The molecule has 3 rings (SSSR count). The highest BCUT2D eigenvalue weighted by atomic mass is 32.2. The zero-order chi connectivity index (χ0) is 17.1. The Hall–Kier alpha value is -2.29. The van der Waals surface area contributed by atoms with Crippen molar-refractivity contribution in [2.45, 2.75) is 26.2 Å². The molecule has 0 fully saturated rings. The summed E-state index contributed by atoms with van der Waals surface area (Å²) in [6.45, 7) is 6.26. The summed E-state index contributed by atoms with van der Waals surface area (Å²) in [6, 6.07) is 5.12. The van der Waals surface area contributed by atoms with Gasteiger partial charge in [0.2, 0.25) is 6.20 Å². The summed E-state index contributed by atoms with van der Waals surface area (Å²) in [4.78, 5) is 0.264. The van der Waals surface area contributed by atoms with Gasteiger partial charge < -0.3 is 14.1 Å². The molecule has 0 saturated carbocycles. The van der Waals surface area contributed by atoms with E-state index in [1.807, 2.05) is 0 Å². The van der Waals surface area contributed by atoms with Crippen molar-refractivity contribution in [2.24, 2.45) is 0 Å². The molecule has 1 aliphatic heterocycles. The van der Waals surface area contributed by atoms with E-state index in [1.54, 1.807) is 25.1 Å². The smallest absolute Gasteiger partial charge is 0.308 e. The van der Waals surface area contributed by atoms with Crippen molar-refractivity contribution >= 4 is 10.1 Å². The molecule has 0 atom stereocenters. The number of benzene rings is 1. The Morgan fingerprint density at radius 1 is 1.43 bits per heavy atom. The predicted octanol–water partition coefficient (Wildman–Crippen LogP) is 1.39. The monoisotopic (exact) mass is 342 g/mol. The Morgan fingerprint density at radius 2 is 2.17 bits per heavy atom. The average molecular weight is 342 g/mol. The topological polar surface area (TPSA) is 106 Å². The van der Waals surface area contributed by atoms with Gasteiger partial charge in [-0.05, 0) is 30.0 Å². The van der Waals surface area contributed by atoms with Crippen molar-refractivity contribution in [3.8, 4) is 11.5 Å². The number of aromatic nitrogens is 2. The van der Waals surface area contributed by atoms with Crippen LogP contribution in [0, 0.1) is 5.21 Å². The zero-order valence-electron chi connectivity index (χ0n) is 13.1. The second-order valence-electron chi connectivity index (χ2n) is 5.53. The van der Waals surface area contributed by atoms with Gasteiger partial charge in [-0.3, -0.25) is 4.63 Å². The summed E-state index contributed by atoms with van der Waals surface area (Å²) in [6.07, 6.45) is 2.44. The van der Waals surface area contributed by atoms with Crippen LogP contribution < -0.4 is 13.8 Å². The Kier molecular flexibility index (Phi) is 4.79. The van der Waals surface area contributed by atoms with Crippen molar-refractivity contribution in [3.63, 3.8) is 0 Å². The SMILES string of the molecule is CCS(=O)(=O)Oc1ccc2c(c1)C(C)(C)CO2.[O-][n+]1ccno1. The van der Waals surface area contributed by atoms with E-state index in [2.05, 4.69) is 23.6 Å². The minimum atomic E-state index is -3.47. The minimum absolute atomic E-state index is 0.0377. The summed E-state index contributed by atoms with van der Waals surface area (Å²) < 4.78 is 37.2. The van der Waals surface area contributed by atoms with Gasteiger partial charge in [0.15, 0.2) is 6.20 Å². The Labute approximate surface area is 134 Å². The highest BCUT2D eigenvalue weighted by Crippen LogP contribution is 2.40. The molecule has 0 spiro atoms. The quantitative estimate of drug-likeness (QED) is 0.613. The summed E-state index contributed by atoms with van der Waals surface area (Å²) >= 11 is 0. The molecule has 0 aliphatic carbocycles. The number of hydrogen-bond donors (Lipinski definition) is 0. The molecule has 0 radical (unpaired) electrons. The number of nitrogens with zero attached hydrogens (tertiary/aromatic N) is 2. The van der Waals surface area contributed by atoms with E-state index in [9.17, 15) is 13.6 Å². The standard InChI is InChI=1S/C12H16O4S.C2H2N2O2/c1-4-17(13,14)16-9-5-6-11-10(7-9)12(2,3)8-15-11;5-4-2-1-3-6-4/h5-7H,4,8H2,1-3H3;1-2H. The highest BCUT2D eigenvalue weighted by molar-refractivity contribution is 7.87. The average Bonchev–Trinajstić information content (AvgIpc) is 3.07. The lowest BCUT2D eigenvalue weighted by Crippen LogP contribution is -2.20. The van der Waals surface area contributed by atoms with Crippen LogP contribution in [-0.2, 0) is 15.5 Å². The van der Waals surface area contributed by atoms with E-state index in [-0.39, 0.29) is 16.1 Å². The lowest BCUT2D eigenvalue weighted by Gasteiger charge is -2.15. The molecule has 0 unspecified atom stereocenters. The van der Waals surface area contributed by atoms with E-state index in [1.165, 1.54) is 12.4 Å². The third-order valence-electron chi connectivity index (χ3n) is 3.22.